The number of nitrogens with two attached hydrogens (primary N) is 1. The Morgan fingerprint density at radius 2 is 1.60 bits per heavy atom. The van der Waals surface area contributed by atoms with Crippen LogP contribution in [0.2, 0.25) is 0 Å². The first kappa shape index (κ1) is 14.1. The summed E-state index contributed by atoms with van der Waals surface area (Å²) in [5, 5.41) is 0. The van der Waals surface area contributed by atoms with Gasteiger partial charge in [0, 0.05) is 6.04 Å². The molecule has 2 saturated carbocycles. The molecule has 1 aromatic carbocycles. The van der Waals surface area contributed by atoms with Crippen LogP contribution >= 0.6 is 0 Å². The largest absolute Gasteiger partial charge is 0.324 e. The van der Waals surface area contributed by atoms with Crippen molar-refractivity contribution in [2.24, 2.45) is 17.1 Å². The SMILES string of the molecule is CC1(C)CCC(C(N)c2ccc(C3CCC3)cc2)CC1. The molecule has 0 aromatic heterocycles. The van der Waals surface area contributed by atoms with Crippen molar-refractivity contribution in [3.8, 4) is 0 Å². The molecule has 0 saturated heterocycles. The van der Waals surface area contributed by atoms with E-state index in [2.05, 4.69) is 38.1 Å². The molecule has 2 N–H and O–H groups in total. The zero-order chi connectivity index (χ0) is 14.2. The lowest BCUT2D eigenvalue weighted by atomic mass is 9.70. The van der Waals surface area contributed by atoms with E-state index in [0.29, 0.717) is 11.3 Å². The van der Waals surface area contributed by atoms with Crippen LogP contribution < -0.4 is 5.73 Å². The number of hydrogen-bond donors (Lipinski definition) is 1. The molecule has 0 amide bonds. The maximum Gasteiger partial charge on any atom is 0.0323 e. The molecule has 0 aliphatic heterocycles. The lowest BCUT2D eigenvalue weighted by Gasteiger charge is -2.37. The Morgan fingerprint density at radius 1 is 1.00 bits per heavy atom. The summed E-state index contributed by atoms with van der Waals surface area (Å²) in [7, 11) is 0. The first-order valence-corrected chi connectivity index (χ1v) is 8.41. The van der Waals surface area contributed by atoms with Crippen molar-refractivity contribution in [2.75, 3.05) is 0 Å². The zero-order valence-corrected chi connectivity index (χ0v) is 13.1. The molecule has 0 radical (unpaired) electrons. The van der Waals surface area contributed by atoms with Crippen molar-refractivity contribution in [3.63, 3.8) is 0 Å². The van der Waals surface area contributed by atoms with Gasteiger partial charge >= 0.3 is 0 Å². The molecule has 0 heterocycles. The highest BCUT2D eigenvalue weighted by atomic mass is 14.7. The van der Waals surface area contributed by atoms with Crippen LogP contribution in [0.1, 0.15) is 81.9 Å². The van der Waals surface area contributed by atoms with Crippen LogP contribution in [0.5, 0.6) is 0 Å². The van der Waals surface area contributed by atoms with Crippen LogP contribution in [0.15, 0.2) is 24.3 Å². The fourth-order valence-electron chi connectivity index (χ4n) is 3.78. The molecule has 1 atom stereocenters. The minimum Gasteiger partial charge on any atom is -0.324 e. The van der Waals surface area contributed by atoms with E-state index in [1.54, 1.807) is 0 Å². The van der Waals surface area contributed by atoms with E-state index in [4.69, 9.17) is 5.73 Å². The van der Waals surface area contributed by atoms with Gasteiger partial charge in [-0.05, 0) is 66.9 Å². The molecule has 1 aromatic rings. The second kappa shape index (κ2) is 5.52. The summed E-state index contributed by atoms with van der Waals surface area (Å²) in [5.74, 6) is 1.51. The fourth-order valence-corrected chi connectivity index (χ4v) is 3.78. The maximum atomic E-state index is 6.53. The van der Waals surface area contributed by atoms with Crippen molar-refractivity contribution in [2.45, 2.75) is 70.8 Å². The van der Waals surface area contributed by atoms with Crippen LogP contribution in [-0.2, 0) is 0 Å². The molecular formula is C19H29N. The number of benzene rings is 1. The first-order chi connectivity index (χ1) is 9.55. The maximum absolute atomic E-state index is 6.53. The number of rotatable bonds is 3. The van der Waals surface area contributed by atoms with Crippen molar-refractivity contribution in [1.29, 1.82) is 0 Å². The Labute approximate surface area is 124 Å². The summed E-state index contributed by atoms with van der Waals surface area (Å²) < 4.78 is 0. The normalized spacial score (nSPS) is 25.1. The highest BCUT2D eigenvalue weighted by Gasteiger charge is 2.30. The van der Waals surface area contributed by atoms with Crippen LogP contribution in [0, 0.1) is 11.3 Å². The van der Waals surface area contributed by atoms with Gasteiger partial charge in [0.2, 0.25) is 0 Å². The lowest BCUT2D eigenvalue weighted by molar-refractivity contribution is 0.173. The standard InChI is InChI=1S/C19H29N/c1-19(2)12-10-17(11-13-19)18(20)16-8-6-15(7-9-16)14-4-3-5-14/h6-9,14,17-18H,3-5,10-13,20H2,1-2H3. The molecule has 3 rings (SSSR count). The highest BCUT2D eigenvalue weighted by molar-refractivity contribution is 5.28. The first-order valence-electron chi connectivity index (χ1n) is 8.41. The van der Waals surface area contributed by atoms with Crippen LogP contribution in [-0.4, -0.2) is 0 Å². The minimum absolute atomic E-state index is 0.238. The van der Waals surface area contributed by atoms with Crippen molar-refractivity contribution >= 4 is 0 Å². The monoisotopic (exact) mass is 271 g/mol. The van der Waals surface area contributed by atoms with E-state index in [1.807, 2.05) is 0 Å². The molecule has 0 spiro atoms. The second-order valence-corrected chi connectivity index (χ2v) is 7.82. The molecule has 2 aliphatic carbocycles. The Balaban J connectivity index is 1.63. The molecular weight excluding hydrogens is 242 g/mol. The average Bonchev–Trinajstić information content (AvgIpc) is 2.37. The summed E-state index contributed by atoms with van der Waals surface area (Å²) >= 11 is 0. The van der Waals surface area contributed by atoms with Crippen LogP contribution in [0.4, 0.5) is 0 Å². The van der Waals surface area contributed by atoms with E-state index in [1.165, 1.54) is 56.1 Å². The average molecular weight is 271 g/mol. The highest BCUT2D eigenvalue weighted by Crippen LogP contribution is 2.42. The van der Waals surface area contributed by atoms with Gasteiger partial charge in [0.1, 0.15) is 0 Å². The van der Waals surface area contributed by atoms with Gasteiger partial charge in [-0.2, -0.15) is 0 Å². The molecule has 110 valence electrons. The summed E-state index contributed by atoms with van der Waals surface area (Å²) in [6.07, 6.45) is 9.39. The van der Waals surface area contributed by atoms with Crippen molar-refractivity contribution in [3.05, 3.63) is 35.4 Å². The summed E-state index contributed by atoms with van der Waals surface area (Å²) in [6, 6.07) is 9.47. The van der Waals surface area contributed by atoms with Crippen molar-refractivity contribution in [1.82, 2.24) is 0 Å². The van der Waals surface area contributed by atoms with Gasteiger partial charge in [-0.3, -0.25) is 0 Å². The molecule has 1 heteroatoms. The Bertz CT molecular complexity index is 431. The smallest absolute Gasteiger partial charge is 0.0323 e. The summed E-state index contributed by atoms with van der Waals surface area (Å²) in [5.41, 5.74) is 9.93. The molecule has 2 fully saturated rings. The molecule has 0 bridgehead atoms. The van der Waals surface area contributed by atoms with Crippen LogP contribution in [0.3, 0.4) is 0 Å². The van der Waals surface area contributed by atoms with Gasteiger partial charge in [-0.1, -0.05) is 44.5 Å². The predicted molar refractivity (Wildman–Crippen MR) is 85.7 cm³/mol. The topological polar surface area (TPSA) is 26.0 Å². The predicted octanol–water partition coefficient (Wildman–Crippen LogP) is 5.17. The molecule has 1 unspecified atom stereocenters. The summed E-state index contributed by atoms with van der Waals surface area (Å²) in [6.45, 7) is 4.78. The van der Waals surface area contributed by atoms with Gasteiger partial charge in [-0.25, -0.2) is 0 Å². The Kier molecular flexibility index (Phi) is 3.90. The minimum atomic E-state index is 0.238. The fraction of sp³-hybridized carbons (Fsp3) is 0.684. The third-order valence-corrected chi connectivity index (χ3v) is 5.79. The van der Waals surface area contributed by atoms with E-state index < -0.39 is 0 Å². The third-order valence-electron chi connectivity index (χ3n) is 5.79. The second-order valence-electron chi connectivity index (χ2n) is 7.82. The Hall–Kier alpha value is -0.820. The number of hydrogen-bond acceptors (Lipinski definition) is 1. The summed E-state index contributed by atoms with van der Waals surface area (Å²) in [4.78, 5) is 0. The van der Waals surface area contributed by atoms with Gasteiger partial charge in [0.05, 0.1) is 0 Å². The molecule has 20 heavy (non-hydrogen) atoms. The molecule has 2 aliphatic rings. The van der Waals surface area contributed by atoms with E-state index in [-0.39, 0.29) is 6.04 Å². The van der Waals surface area contributed by atoms with E-state index >= 15 is 0 Å². The zero-order valence-electron chi connectivity index (χ0n) is 13.1. The third kappa shape index (κ3) is 2.93. The van der Waals surface area contributed by atoms with Gasteiger partial charge in [-0.15, -0.1) is 0 Å². The van der Waals surface area contributed by atoms with Gasteiger partial charge < -0.3 is 5.73 Å². The lowest BCUT2D eigenvalue weighted by Crippen LogP contribution is -2.29. The van der Waals surface area contributed by atoms with Gasteiger partial charge in [0.25, 0.3) is 0 Å². The Morgan fingerprint density at radius 3 is 2.10 bits per heavy atom. The quantitative estimate of drug-likeness (QED) is 0.806. The van der Waals surface area contributed by atoms with E-state index in [0.717, 1.165) is 5.92 Å². The van der Waals surface area contributed by atoms with E-state index in [9.17, 15) is 0 Å². The molecule has 1 nitrogen and oxygen atoms in total. The van der Waals surface area contributed by atoms with Crippen LogP contribution in [0.25, 0.3) is 0 Å². The van der Waals surface area contributed by atoms with Gasteiger partial charge in [0.15, 0.2) is 0 Å². The van der Waals surface area contributed by atoms with Crippen molar-refractivity contribution < 1.29 is 0 Å².